The van der Waals surface area contributed by atoms with Gasteiger partial charge < -0.3 is 19.9 Å². The summed E-state index contributed by atoms with van der Waals surface area (Å²) in [6, 6.07) is 14.2. The minimum absolute atomic E-state index is 0.0978. The van der Waals surface area contributed by atoms with Gasteiger partial charge in [-0.3, -0.25) is 9.52 Å². The number of aliphatic hydroxyl groups excluding tert-OH is 2. The Bertz CT molecular complexity index is 1290. The van der Waals surface area contributed by atoms with Gasteiger partial charge in [-0.05, 0) is 62.9 Å². The zero-order valence-corrected chi connectivity index (χ0v) is 21.5. The monoisotopic (exact) mass is 533 g/mol. The predicted octanol–water partition coefficient (Wildman–Crippen LogP) is 3.73. The molecule has 9 nitrogen and oxygen atoms in total. The number of hydrogen-bond donors (Lipinski definition) is 4. The van der Waals surface area contributed by atoms with Crippen LogP contribution < -0.4 is 4.72 Å². The number of carboxylic acid groups (broad SMARTS) is 1. The largest absolute Gasteiger partial charge is 0.481 e. The number of aliphatic carboxylic acids is 1. The van der Waals surface area contributed by atoms with Crippen LogP contribution in [0.3, 0.4) is 0 Å². The minimum atomic E-state index is -3.83. The number of aromatic nitrogens is 2. The first-order valence-electron chi connectivity index (χ1n) is 11.9. The second kappa shape index (κ2) is 12.3. The average Bonchev–Trinajstić information content (AvgIpc) is 3.15. The molecule has 2 unspecified atom stereocenters. The molecule has 0 aliphatic rings. The molecular formula is C26H32FN3O6S. The fourth-order valence-electron chi connectivity index (χ4n) is 4.16. The van der Waals surface area contributed by atoms with Gasteiger partial charge in [-0.1, -0.05) is 30.3 Å². The van der Waals surface area contributed by atoms with E-state index in [4.69, 9.17) is 5.11 Å². The molecule has 0 aliphatic carbocycles. The summed E-state index contributed by atoms with van der Waals surface area (Å²) in [5, 5.41) is 29.1. The number of halogens is 1. The zero-order chi connectivity index (χ0) is 27.2. The van der Waals surface area contributed by atoms with Crippen LogP contribution in [0, 0.1) is 5.82 Å². The van der Waals surface area contributed by atoms with E-state index in [1.165, 1.54) is 12.1 Å². The van der Waals surface area contributed by atoms with Gasteiger partial charge in [0, 0.05) is 17.3 Å². The summed E-state index contributed by atoms with van der Waals surface area (Å²) < 4.78 is 43.9. The fourth-order valence-corrected chi connectivity index (χ4v) is 5.29. The Labute approximate surface area is 215 Å². The third-order valence-corrected chi connectivity index (χ3v) is 6.97. The van der Waals surface area contributed by atoms with Crippen molar-refractivity contribution in [3.8, 4) is 11.3 Å². The highest BCUT2D eigenvalue weighted by molar-refractivity contribution is 7.91. The van der Waals surface area contributed by atoms with E-state index in [0.29, 0.717) is 22.5 Å². The Kier molecular flexibility index (Phi) is 9.41. The molecule has 0 saturated carbocycles. The molecule has 0 radical (unpaired) electrons. The molecule has 0 bridgehead atoms. The lowest BCUT2D eigenvalue weighted by molar-refractivity contribution is -0.139. The number of benzene rings is 2. The van der Waals surface area contributed by atoms with Crippen LogP contribution in [0.2, 0.25) is 0 Å². The maximum absolute atomic E-state index is 13.6. The number of imidazole rings is 1. The van der Waals surface area contributed by atoms with Crippen LogP contribution in [0.1, 0.15) is 50.4 Å². The van der Waals surface area contributed by atoms with Gasteiger partial charge in [-0.25, -0.2) is 17.8 Å². The van der Waals surface area contributed by atoms with E-state index in [2.05, 4.69) is 9.71 Å². The van der Waals surface area contributed by atoms with Crippen molar-refractivity contribution in [1.29, 1.82) is 0 Å². The van der Waals surface area contributed by atoms with Crippen LogP contribution in [0.15, 0.2) is 54.6 Å². The Morgan fingerprint density at radius 2 is 1.70 bits per heavy atom. The van der Waals surface area contributed by atoms with Gasteiger partial charge in [0.25, 0.3) is 0 Å². The average molecular weight is 534 g/mol. The topological polar surface area (TPSA) is 142 Å². The quantitative estimate of drug-likeness (QED) is 0.262. The standard InChI is InChI=1S/C26H32FN3O6S/c1-17(2)30-23(13-12-21(31)14-22(32)15-24(33)34)25(19-8-10-20(27)11-9-19)28-26(30)29-37(35,36)16-18-6-4-3-5-7-18/h3-11,17,21-22,31-32H,12-16H2,1-2H3,(H,28,29)(H,33,34). The van der Waals surface area contributed by atoms with Gasteiger partial charge in [0.15, 0.2) is 0 Å². The van der Waals surface area contributed by atoms with E-state index in [1.54, 1.807) is 47.0 Å². The molecule has 1 aromatic heterocycles. The van der Waals surface area contributed by atoms with Gasteiger partial charge in [0.2, 0.25) is 16.0 Å². The molecule has 2 aromatic carbocycles. The first-order chi connectivity index (χ1) is 17.4. The summed E-state index contributed by atoms with van der Waals surface area (Å²) in [4.78, 5) is 15.4. The van der Waals surface area contributed by atoms with Crippen LogP contribution >= 0.6 is 0 Å². The van der Waals surface area contributed by atoms with Crippen molar-refractivity contribution in [2.75, 3.05) is 4.72 Å². The molecule has 2 atom stereocenters. The molecule has 11 heteroatoms. The number of anilines is 1. The maximum Gasteiger partial charge on any atom is 0.305 e. The Balaban J connectivity index is 1.94. The molecule has 0 aliphatic heterocycles. The van der Waals surface area contributed by atoms with Crippen molar-refractivity contribution in [3.63, 3.8) is 0 Å². The van der Waals surface area contributed by atoms with Gasteiger partial charge in [0.1, 0.15) is 5.82 Å². The predicted molar refractivity (Wildman–Crippen MR) is 138 cm³/mol. The van der Waals surface area contributed by atoms with Crippen LogP contribution in [0.5, 0.6) is 0 Å². The van der Waals surface area contributed by atoms with Crippen molar-refractivity contribution >= 4 is 21.9 Å². The SMILES string of the molecule is CC(C)n1c(NS(=O)(=O)Cc2ccccc2)nc(-c2ccc(F)cc2)c1CCC(O)CC(O)CC(=O)O. The summed E-state index contributed by atoms with van der Waals surface area (Å²) in [6.07, 6.45) is -2.37. The molecule has 0 saturated heterocycles. The van der Waals surface area contributed by atoms with Crippen molar-refractivity contribution in [2.45, 2.75) is 63.5 Å². The summed E-state index contributed by atoms with van der Waals surface area (Å²) in [6.45, 7) is 3.73. The van der Waals surface area contributed by atoms with Crippen molar-refractivity contribution in [3.05, 3.63) is 71.7 Å². The fraction of sp³-hybridized carbons (Fsp3) is 0.385. The maximum atomic E-state index is 13.6. The van der Waals surface area contributed by atoms with Crippen molar-refractivity contribution < 1.29 is 32.9 Å². The summed E-state index contributed by atoms with van der Waals surface area (Å²) in [5.74, 6) is -1.75. The molecule has 0 amide bonds. The third-order valence-electron chi connectivity index (χ3n) is 5.76. The lowest BCUT2D eigenvalue weighted by Crippen LogP contribution is -2.22. The first kappa shape index (κ1) is 28.3. The van der Waals surface area contributed by atoms with E-state index in [1.807, 2.05) is 13.8 Å². The second-order valence-electron chi connectivity index (χ2n) is 9.23. The minimum Gasteiger partial charge on any atom is -0.481 e. The van der Waals surface area contributed by atoms with Crippen LogP contribution in [-0.2, 0) is 27.0 Å². The molecule has 37 heavy (non-hydrogen) atoms. The smallest absolute Gasteiger partial charge is 0.305 e. The van der Waals surface area contributed by atoms with Gasteiger partial charge in [0.05, 0.1) is 30.1 Å². The van der Waals surface area contributed by atoms with E-state index < -0.39 is 40.4 Å². The number of carbonyl (C=O) groups is 1. The lowest BCUT2D eigenvalue weighted by Gasteiger charge is -2.19. The number of nitrogens with one attached hydrogen (secondary N) is 1. The molecule has 3 rings (SSSR count). The van der Waals surface area contributed by atoms with E-state index in [0.717, 1.165) is 0 Å². The van der Waals surface area contributed by atoms with Gasteiger partial charge in [-0.2, -0.15) is 0 Å². The Morgan fingerprint density at radius 1 is 1.05 bits per heavy atom. The number of rotatable bonds is 13. The van der Waals surface area contributed by atoms with Gasteiger partial charge >= 0.3 is 5.97 Å². The van der Waals surface area contributed by atoms with E-state index in [9.17, 15) is 27.8 Å². The zero-order valence-electron chi connectivity index (χ0n) is 20.7. The highest BCUT2D eigenvalue weighted by Gasteiger charge is 2.25. The summed E-state index contributed by atoms with van der Waals surface area (Å²) in [5.41, 5.74) is 2.23. The molecule has 200 valence electrons. The number of aliphatic hydroxyl groups is 2. The molecule has 4 N–H and O–H groups in total. The molecule has 0 fully saturated rings. The van der Waals surface area contributed by atoms with Crippen LogP contribution in [0.25, 0.3) is 11.3 Å². The number of carboxylic acids is 1. The normalized spacial score (nSPS) is 13.5. The first-order valence-corrected chi connectivity index (χ1v) is 13.6. The molecular weight excluding hydrogens is 501 g/mol. The highest BCUT2D eigenvalue weighted by Crippen LogP contribution is 2.32. The van der Waals surface area contributed by atoms with E-state index in [-0.39, 0.29) is 37.0 Å². The van der Waals surface area contributed by atoms with Crippen LogP contribution in [0.4, 0.5) is 10.3 Å². The lowest BCUT2D eigenvalue weighted by atomic mass is 10.0. The molecule has 3 aromatic rings. The van der Waals surface area contributed by atoms with Crippen molar-refractivity contribution in [2.24, 2.45) is 0 Å². The van der Waals surface area contributed by atoms with Crippen LogP contribution in [-0.4, -0.2) is 51.5 Å². The number of hydrogen-bond acceptors (Lipinski definition) is 6. The highest BCUT2D eigenvalue weighted by atomic mass is 32.2. The summed E-state index contributed by atoms with van der Waals surface area (Å²) >= 11 is 0. The van der Waals surface area contributed by atoms with E-state index >= 15 is 0 Å². The Morgan fingerprint density at radius 3 is 2.30 bits per heavy atom. The molecule has 1 heterocycles. The van der Waals surface area contributed by atoms with Gasteiger partial charge in [-0.15, -0.1) is 0 Å². The number of sulfonamides is 1. The third kappa shape index (κ3) is 8.11. The van der Waals surface area contributed by atoms with Crippen molar-refractivity contribution in [1.82, 2.24) is 9.55 Å². The number of nitrogens with zero attached hydrogens (tertiary/aromatic N) is 2. The Hall–Kier alpha value is -3.28. The summed E-state index contributed by atoms with van der Waals surface area (Å²) in [7, 11) is -3.83. The second-order valence-corrected chi connectivity index (χ2v) is 11.0. The molecule has 0 spiro atoms.